The van der Waals surface area contributed by atoms with Crippen molar-refractivity contribution >= 4 is 27.5 Å². The minimum absolute atomic E-state index is 0.0394. The molecule has 6 nitrogen and oxygen atoms in total. The lowest BCUT2D eigenvalue weighted by Crippen LogP contribution is -2.47. The molecule has 23 heavy (non-hydrogen) atoms. The van der Waals surface area contributed by atoms with Crippen molar-refractivity contribution in [2.24, 2.45) is 0 Å². The van der Waals surface area contributed by atoms with Gasteiger partial charge in [-0.2, -0.15) is 0 Å². The highest BCUT2D eigenvalue weighted by molar-refractivity contribution is 7.18. The molecule has 2 heterocycles. The summed E-state index contributed by atoms with van der Waals surface area (Å²) in [7, 11) is 1.81. The molecule has 1 fully saturated rings. The van der Waals surface area contributed by atoms with Crippen molar-refractivity contribution in [3.8, 4) is 0 Å². The summed E-state index contributed by atoms with van der Waals surface area (Å²) in [6, 6.07) is 8.18. The third-order valence-corrected chi connectivity index (χ3v) is 4.86. The fourth-order valence-corrected chi connectivity index (χ4v) is 3.87. The molecular formula is C16H21N3O3S. The van der Waals surface area contributed by atoms with Crippen LogP contribution < -0.4 is 0 Å². The number of likely N-dealkylation sites (N-methyl/N-ethyl adjacent to an activating group) is 1. The molecule has 1 unspecified atom stereocenters. The Balaban J connectivity index is 1.56. The van der Waals surface area contributed by atoms with Crippen molar-refractivity contribution in [3.63, 3.8) is 0 Å². The van der Waals surface area contributed by atoms with Crippen molar-refractivity contribution < 1.29 is 14.6 Å². The SMILES string of the molecule is CN(CC(=O)O)CC1CN(Cc2nc3ccccc3s2)CCO1. The molecule has 0 bridgehead atoms. The summed E-state index contributed by atoms with van der Waals surface area (Å²) < 4.78 is 6.98. The smallest absolute Gasteiger partial charge is 0.317 e. The summed E-state index contributed by atoms with van der Waals surface area (Å²) in [5.41, 5.74) is 1.05. The molecule has 7 heteroatoms. The van der Waals surface area contributed by atoms with E-state index in [0.717, 1.165) is 30.2 Å². The number of carboxylic acids is 1. The summed E-state index contributed by atoms with van der Waals surface area (Å²) in [6.07, 6.45) is 0.0440. The predicted molar refractivity (Wildman–Crippen MR) is 89.8 cm³/mol. The Bertz CT molecular complexity index is 642. The van der Waals surface area contributed by atoms with E-state index in [1.807, 2.05) is 25.2 Å². The van der Waals surface area contributed by atoms with Gasteiger partial charge < -0.3 is 9.84 Å². The van der Waals surface area contributed by atoms with Crippen molar-refractivity contribution in [2.75, 3.05) is 39.8 Å². The number of nitrogens with zero attached hydrogens (tertiary/aromatic N) is 3. The fraction of sp³-hybridized carbons (Fsp3) is 0.500. The van der Waals surface area contributed by atoms with E-state index in [9.17, 15) is 4.79 Å². The number of para-hydroxylation sites is 1. The number of hydrogen-bond donors (Lipinski definition) is 1. The topological polar surface area (TPSA) is 65.9 Å². The molecule has 1 aliphatic rings. The van der Waals surface area contributed by atoms with E-state index in [1.54, 1.807) is 16.2 Å². The first kappa shape index (κ1) is 16.3. The molecule has 1 N–H and O–H groups in total. The molecule has 1 saturated heterocycles. The van der Waals surface area contributed by atoms with Crippen molar-refractivity contribution in [1.82, 2.24) is 14.8 Å². The maximum absolute atomic E-state index is 10.7. The van der Waals surface area contributed by atoms with Gasteiger partial charge in [0.25, 0.3) is 0 Å². The molecule has 0 radical (unpaired) electrons. The number of benzene rings is 1. The van der Waals surface area contributed by atoms with Gasteiger partial charge in [0.05, 0.1) is 36.0 Å². The average Bonchev–Trinajstić information content (AvgIpc) is 2.88. The quantitative estimate of drug-likeness (QED) is 0.863. The summed E-state index contributed by atoms with van der Waals surface area (Å²) in [4.78, 5) is 19.5. The van der Waals surface area contributed by atoms with Gasteiger partial charge in [-0.05, 0) is 19.2 Å². The minimum atomic E-state index is -0.811. The number of rotatable bonds is 6. The maximum Gasteiger partial charge on any atom is 0.317 e. The van der Waals surface area contributed by atoms with E-state index < -0.39 is 5.97 Å². The molecular weight excluding hydrogens is 314 g/mol. The second-order valence-electron chi connectivity index (χ2n) is 5.89. The Morgan fingerprint density at radius 2 is 2.35 bits per heavy atom. The number of fused-ring (bicyclic) bond motifs is 1. The van der Waals surface area contributed by atoms with Crippen LogP contribution in [0.3, 0.4) is 0 Å². The highest BCUT2D eigenvalue weighted by atomic mass is 32.1. The van der Waals surface area contributed by atoms with E-state index in [2.05, 4.69) is 16.0 Å². The van der Waals surface area contributed by atoms with Gasteiger partial charge in [0.1, 0.15) is 5.01 Å². The molecule has 3 rings (SSSR count). The highest BCUT2D eigenvalue weighted by Gasteiger charge is 2.23. The molecule has 2 aromatic rings. The van der Waals surface area contributed by atoms with Crippen LogP contribution in [0, 0.1) is 0 Å². The average molecular weight is 335 g/mol. The highest BCUT2D eigenvalue weighted by Crippen LogP contribution is 2.23. The van der Waals surface area contributed by atoms with Gasteiger partial charge in [-0.15, -0.1) is 11.3 Å². The first-order chi connectivity index (χ1) is 11.1. The summed E-state index contributed by atoms with van der Waals surface area (Å²) in [6.45, 7) is 3.85. The fourth-order valence-electron chi connectivity index (χ4n) is 2.86. The summed E-state index contributed by atoms with van der Waals surface area (Å²) in [5, 5.41) is 9.95. The zero-order valence-electron chi connectivity index (χ0n) is 13.1. The van der Waals surface area contributed by atoms with Crippen LogP contribution in [-0.2, 0) is 16.1 Å². The maximum atomic E-state index is 10.7. The van der Waals surface area contributed by atoms with Crippen molar-refractivity contribution in [3.05, 3.63) is 29.3 Å². The number of thiazole rings is 1. The minimum Gasteiger partial charge on any atom is -0.480 e. The molecule has 1 aromatic heterocycles. The summed E-state index contributed by atoms with van der Waals surface area (Å²) >= 11 is 1.73. The lowest BCUT2D eigenvalue weighted by molar-refractivity contribution is -0.138. The van der Waals surface area contributed by atoms with E-state index in [1.165, 1.54) is 4.70 Å². The third-order valence-electron chi connectivity index (χ3n) is 3.84. The van der Waals surface area contributed by atoms with E-state index >= 15 is 0 Å². The van der Waals surface area contributed by atoms with Gasteiger partial charge >= 0.3 is 5.97 Å². The van der Waals surface area contributed by atoms with Crippen LogP contribution in [0.4, 0.5) is 0 Å². The second kappa shape index (κ2) is 7.35. The molecule has 1 atom stereocenters. The lowest BCUT2D eigenvalue weighted by Gasteiger charge is -2.34. The molecule has 0 saturated carbocycles. The number of aliphatic carboxylic acids is 1. The molecule has 0 spiro atoms. The van der Waals surface area contributed by atoms with Crippen molar-refractivity contribution in [2.45, 2.75) is 12.6 Å². The zero-order chi connectivity index (χ0) is 16.2. The van der Waals surface area contributed by atoms with Gasteiger partial charge in [0.2, 0.25) is 0 Å². The number of carboxylic acid groups (broad SMARTS) is 1. The molecule has 0 amide bonds. The van der Waals surface area contributed by atoms with Gasteiger partial charge in [0, 0.05) is 19.6 Å². The Morgan fingerprint density at radius 3 is 3.13 bits per heavy atom. The number of carbonyl (C=O) groups is 1. The van der Waals surface area contributed by atoms with Crippen LogP contribution in [0.25, 0.3) is 10.2 Å². The van der Waals surface area contributed by atoms with Crippen LogP contribution in [0.5, 0.6) is 0 Å². The van der Waals surface area contributed by atoms with Gasteiger partial charge in [-0.25, -0.2) is 4.98 Å². The van der Waals surface area contributed by atoms with Crippen LogP contribution in [0.15, 0.2) is 24.3 Å². The number of ether oxygens (including phenoxy) is 1. The third kappa shape index (κ3) is 4.48. The Hall–Kier alpha value is -1.54. The molecule has 124 valence electrons. The van der Waals surface area contributed by atoms with Crippen LogP contribution >= 0.6 is 11.3 Å². The number of hydrogen-bond acceptors (Lipinski definition) is 6. The predicted octanol–water partition coefficient (Wildman–Crippen LogP) is 1.51. The van der Waals surface area contributed by atoms with Crippen LogP contribution in [0.2, 0.25) is 0 Å². The Labute approximate surface area is 139 Å². The first-order valence-electron chi connectivity index (χ1n) is 7.69. The van der Waals surface area contributed by atoms with E-state index in [0.29, 0.717) is 13.2 Å². The van der Waals surface area contributed by atoms with Crippen LogP contribution in [-0.4, -0.2) is 71.8 Å². The standard InChI is InChI=1S/C16H21N3O3S/c1-18(11-16(20)21)8-12-9-19(6-7-22-12)10-15-17-13-4-2-3-5-14(13)23-15/h2-5,12H,6-11H2,1H3,(H,20,21). The Morgan fingerprint density at radius 1 is 1.52 bits per heavy atom. The van der Waals surface area contributed by atoms with Gasteiger partial charge in [-0.1, -0.05) is 12.1 Å². The first-order valence-corrected chi connectivity index (χ1v) is 8.50. The Kier molecular flexibility index (Phi) is 5.22. The van der Waals surface area contributed by atoms with Gasteiger partial charge in [-0.3, -0.25) is 14.6 Å². The normalized spacial score (nSPS) is 19.5. The molecule has 1 aromatic carbocycles. The van der Waals surface area contributed by atoms with Crippen LogP contribution in [0.1, 0.15) is 5.01 Å². The largest absolute Gasteiger partial charge is 0.480 e. The molecule has 0 aliphatic carbocycles. The van der Waals surface area contributed by atoms with Gasteiger partial charge in [0.15, 0.2) is 0 Å². The number of morpholine rings is 1. The molecule has 1 aliphatic heterocycles. The van der Waals surface area contributed by atoms with E-state index in [-0.39, 0.29) is 12.6 Å². The number of aromatic nitrogens is 1. The lowest BCUT2D eigenvalue weighted by atomic mass is 10.2. The zero-order valence-corrected chi connectivity index (χ0v) is 14.0. The van der Waals surface area contributed by atoms with Crippen molar-refractivity contribution in [1.29, 1.82) is 0 Å². The van der Waals surface area contributed by atoms with E-state index in [4.69, 9.17) is 9.84 Å². The second-order valence-corrected chi connectivity index (χ2v) is 7.01. The monoisotopic (exact) mass is 335 g/mol. The summed E-state index contributed by atoms with van der Waals surface area (Å²) in [5.74, 6) is -0.811.